The van der Waals surface area contributed by atoms with Gasteiger partial charge in [0.05, 0.1) is 18.7 Å². The molecule has 2 rings (SSSR count). The van der Waals surface area contributed by atoms with E-state index in [4.69, 9.17) is 4.74 Å². The highest BCUT2D eigenvalue weighted by molar-refractivity contribution is 5.97. The molecule has 0 spiro atoms. The highest BCUT2D eigenvalue weighted by atomic mass is 16.5. The van der Waals surface area contributed by atoms with Crippen LogP contribution in [0.15, 0.2) is 48.5 Å². The van der Waals surface area contributed by atoms with E-state index in [1.807, 2.05) is 12.1 Å². The maximum absolute atomic E-state index is 12.1. The van der Waals surface area contributed by atoms with Crippen molar-refractivity contribution in [1.82, 2.24) is 5.32 Å². The highest BCUT2D eigenvalue weighted by Gasteiger charge is 2.17. The number of nitrogens with zero attached hydrogens (tertiary/aromatic N) is 1. The first-order chi connectivity index (χ1) is 10.2. The summed E-state index contributed by atoms with van der Waals surface area (Å²) in [5.74, 6) is -0.272. The van der Waals surface area contributed by atoms with E-state index >= 15 is 0 Å². The number of carbonyl (C=O) groups excluding carboxylic acids is 1. The van der Waals surface area contributed by atoms with Crippen LogP contribution in [0.4, 0.5) is 0 Å². The van der Waals surface area contributed by atoms with Gasteiger partial charge < -0.3 is 15.2 Å². The number of nitriles is 1. The van der Waals surface area contributed by atoms with Crippen molar-refractivity contribution < 1.29 is 14.6 Å². The lowest BCUT2D eigenvalue weighted by molar-refractivity contribution is 0.0942. The van der Waals surface area contributed by atoms with E-state index in [2.05, 4.69) is 5.32 Å². The molecule has 0 bridgehead atoms. The van der Waals surface area contributed by atoms with Gasteiger partial charge in [-0.3, -0.25) is 4.79 Å². The summed E-state index contributed by atoms with van der Waals surface area (Å²) in [6.45, 7) is 0. The topological polar surface area (TPSA) is 82.3 Å². The van der Waals surface area contributed by atoms with Crippen LogP contribution in [0.1, 0.15) is 22.0 Å². The molecule has 0 radical (unpaired) electrons. The Bertz CT molecular complexity index is 678. The molecule has 0 saturated heterocycles. The lowest BCUT2D eigenvalue weighted by Crippen LogP contribution is -2.27. The zero-order valence-corrected chi connectivity index (χ0v) is 11.4. The van der Waals surface area contributed by atoms with E-state index in [1.165, 1.54) is 19.2 Å². The van der Waals surface area contributed by atoms with Crippen molar-refractivity contribution in [3.05, 3.63) is 59.7 Å². The number of aromatic hydroxyl groups is 1. The van der Waals surface area contributed by atoms with Crippen molar-refractivity contribution in [2.45, 2.75) is 6.04 Å². The summed E-state index contributed by atoms with van der Waals surface area (Å²) in [5.41, 5.74) is 0.772. The number of rotatable bonds is 4. The summed E-state index contributed by atoms with van der Waals surface area (Å²) < 4.78 is 4.96. The second-order valence-corrected chi connectivity index (χ2v) is 4.33. The Morgan fingerprint density at radius 3 is 2.57 bits per heavy atom. The van der Waals surface area contributed by atoms with Crippen LogP contribution in [-0.4, -0.2) is 18.1 Å². The van der Waals surface area contributed by atoms with E-state index in [1.54, 1.807) is 30.3 Å². The van der Waals surface area contributed by atoms with Gasteiger partial charge in [0, 0.05) is 6.07 Å². The second kappa shape index (κ2) is 6.44. The van der Waals surface area contributed by atoms with Gasteiger partial charge in [-0.2, -0.15) is 5.26 Å². The molecule has 1 unspecified atom stereocenters. The monoisotopic (exact) mass is 282 g/mol. The number of amides is 1. The summed E-state index contributed by atoms with van der Waals surface area (Å²) in [4.78, 5) is 12.1. The Hall–Kier alpha value is -3.00. The minimum Gasteiger partial charge on any atom is -0.507 e. The first kappa shape index (κ1) is 14.4. The minimum atomic E-state index is -0.778. The molecule has 2 aromatic carbocycles. The fourth-order valence-corrected chi connectivity index (χ4v) is 1.87. The largest absolute Gasteiger partial charge is 0.507 e. The van der Waals surface area contributed by atoms with Crippen LogP contribution in [0.25, 0.3) is 0 Å². The Kier molecular flexibility index (Phi) is 4.42. The number of hydrogen-bond donors (Lipinski definition) is 2. The van der Waals surface area contributed by atoms with Crippen LogP contribution in [0.3, 0.4) is 0 Å². The van der Waals surface area contributed by atoms with Crippen molar-refractivity contribution in [3.8, 4) is 17.6 Å². The van der Waals surface area contributed by atoms with Gasteiger partial charge in [0.25, 0.3) is 5.91 Å². The van der Waals surface area contributed by atoms with Crippen molar-refractivity contribution in [2.75, 3.05) is 7.11 Å². The molecule has 0 aliphatic carbocycles. The Labute approximate surface area is 122 Å². The van der Waals surface area contributed by atoms with Gasteiger partial charge in [-0.05, 0) is 17.7 Å². The van der Waals surface area contributed by atoms with Crippen molar-refractivity contribution >= 4 is 5.91 Å². The summed E-state index contributed by atoms with van der Waals surface area (Å²) in [6, 6.07) is 14.5. The molecular weight excluding hydrogens is 268 g/mol. The van der Waals surface area contributed by atoms with Gasteiger partial charge in [-0.15, -0.1) is 0 Å². The van der Waals surface area contributed by atoms with Crippen molar-refractivity contribution in [3.63, 3.8) is 0 Å². The molecule has 0 aromatic heterocycles. The summed E-state index contributed by atoms with van der Waals surface area (Å²) in [5, 5.41) is 21.6. The van der Waals surface area contributed by atoms with Gasteiger partial charge in [0.15, 0.2) is 0 Å². The molecule has 2 N–H and O–H groups in total. The van der Waals surface area contributed by atoms with E-state index in [0.29, 0.717) is 11.3 Å². The van der Waals surface area contributed by atoms with Crippen LogP contribution >= 0.6 is 0 Å². The molecule has 0 aliphatic heterocycles. The highest BCUT2D eigenvalue weighted by Crippen LogP contribution is 2.24. The van der Waals surface area contributed by atoms with Crippen LogP contribution in [0.5, 0.6) is 11.5 Å². The standard InChI is InChI=1S/C16H14N2O3/c1-21-12-7-8-13(15(19)9-12)16(20)18-14(10-17)11-5-3-2-4-6-11/h2-9,14,19H,1H3,(H,18,20). The number of phenolic OH excluding ortho intramolecular Hbond substituents is 1. The first-order valence-corrected chi connectivity index (χ1v) is 6.28. The van der Waals surface area contributed by atoms with E-state index in [9.17, 15) is 15.2 Å². The molecule has 1 amide bonds. The lowest BCUT2D eigenvalue weighted by atomic mass is 10.1. The summed E-state index contributed by atoms with van der Waals surface area (Å²) in [7, 11) is 1.47. The second-order valence-electron chi connectivity index (χ2n) is 4.33. The average Bonchev–Trinajstić information content (AvgIpc) is 2.53. The maximum atomic E-state index is 12.1. The lowest BCUT2D eigenvalue weighted by Gasteiger charge is -2.13. The third-order valence-electron chi connectivity index (χ3n) is 2.99. The van der Waals surface area contributed by atoms with Crippen LogP contribution in [-0.2, 0) is 0 Å². The third-order valence-corrected chi connectivity index (χ3v) is 2.99. The molecule has 21 heavy (non-hydrogen) atoms. The molecule has 2 aromatic rings. The number of phenols is 1. The molecule has 1 atom stereocenters. The average molecular weight is 282 g/mol. The predicted molar refractivity (Wildman–Crippen MR) is 76.9 cm³/mol. The van der Waals surface area contributed by atoms with E-state index in [-0.39, 0.29) is 11.3 Å². The number of hydrogen-bond acceptors (Lipinski definition) is 4. The number of methoxy groups -OCH3 is 1. The maximum Gasteiger partial charge on any atom is 0.256 e. The van der Waals surface area contributed by atoms with Crippen LogP contribution in [0, 0.1) is 11.3 Å². The molecule has 0 aliphatic rings. The van der Waals surface area contributed by atoms with Crippen molar-refractivity contribution in [2.24, 2.45) is 0 Å². The SMILES string of the molecule is COc1ccc(C(=O)NC(C#N)c2ccccc2)c(O)c1. The normalized spacial score (nSPS) is 11.2. The van der Waals surface area contributed by atoms with E-state index in [0.717, 1.165) is 0 Å². The smallest absolute Gasteiger partial charge is 0.256 e. The fraction of sp³-hybridized carbons (Fsp3) is 0.125. The molecule has 0 heterocycles. The zero-order valence-electron chi connectivity index (χ0n) is 11.4. The number of ether oxygens (including phenoxy) is 1. The van der Waals surface area contributed by atoms with Gasteiger partial charge in [0.2, 0.25) is 0 Å². The van der Waals surface area contributed by atoms with Gasteiger partial charge >= 0.3 is 0 Å². The number of benzene rings is 2. The van der Waals surface area contributed by atoms with Crippen LogP contribution < -0.4 is 10.1 Å². The summed E-state index contributed by atoms with van der Waals surface area (Å²) >= 11 is 0. The molecule has 0 fully saturated rings. The zero-order chi connectivity index (χ0) is 15.2. The van der Waals surface area contributed by atoms with Crippen molar-refractivity contribution in [1.29, 1.82) is 5.26 Å². The predicted octanol–water partition coefficient (Wildman–Crippen LogP) is 2.40. The Morgan fingerprint density at radius 2 is 2.00 bits per heavy atom. The van der Waals surface area contributed by atoms with E-state index < -0.39 is 11.9 Å². The van der Waals surface area contributed by atoms with Crippen LogP contribution in [0.2, 0.25) is 0 Å². The minimum absolute atomic E-state index is 0.0898. The number of nitrogens with one attached hydrogen (secondary N) is 1. The molecule has 5 nitrogen and oxygen atoms in total. The van der Waals surface area contributed by atoms with Gasteiger partial charge in [0.1, 0.15) is 17.5 Å². The van der Waals surface area contributed by atoms with Gasteiger partial charge in [-0.25, -0.2) is 0 Å². The third kappa shape index (κ3) is 3.31. The molecule has 106 valence electrons. The van der Waals surface area contributed by atoms with Gasteiger partial charge in [-0.1, -0.05) is 30.3 Å². The fourth-order valence-electron chi connectivity index (χ4n) is 1.87. The Morgan fingerprint density at radius 1 is 1.29 bits per heavy atom. The molecule has 5 heteroatoms. The first-order valence-electron chi connectivity index (χ1n) is 6.28. The quantitative estimate of drug-likeness (QED) is 0.902. The molecular formula is C16H14N2O3. The number of carbonyl (C=O) groups is 1. The summed E-state index contributed by atoms with van der Waals surface area (Å²) in [6.07, 6.45) is 0. The molecule has 0 saturated carbocycles. The Balaban J connectivity index is 2.19.